The van der Waals surface area contributed by atoms with Gasteiger partial charge in [-0.2, -0.15) is 0 Å². The Morgan fingerprint density at radius 2 is 1.15 bits per heavy atom. The summed E-state index contributed by atoms with van der Waals surface area (Å²) in [4.78, 5) is 0. The highest BCUT2D eigenvalue weighted by Crippen LogP contribution is 2.20. The molecule has 0 aliphatic rings. The standard InChI is InChI=1S/C30H20F4/c1-2-3-4-20-5-7-21(8-6-20)9-10-23-16-27(31)26(28(32)17-23)14-12-22-11-13-24-18-29(33)30(34)19-25(24)15-22/h5-8,11,13,15-19H,2-4H2,1H3. The zero-order valence-corrected chi connectivity index (χ0v) is 18.5. The Hall–Kier alpha value is -4.02. The summed E-state index contributed by atoms with van der Waals surface area (Å²) in [5, 5.41) is 0.941. The molecule has 0 atom stereocenters. The zero-order valence-electron chi connectivity index (χ0n) is 18.5. The fraction of sp³-hybridized carbons (Fsp3) is 0.133. The van der Waals surface area contributed by atoms with Gasteiger partial charge < -0.3 is 0 Å². The summed E-state index contributed by atoms with van der Waals surface area (Å²) >= 11 is 0. The monoisotopic (exact) mass is 456 g/mol. The minimum absolute atomic E-state index is 0.207. The lowest BCUT2D eigenvalue weighted by Crippen LogP contribution is -1.93. The average molecular weight is 456 g/mol. The summed E-state index contributed by atoms with van der Waals surface area (Å²) in [6, 6.07) is 16.9. The van der Waals surface area contributed by atoms with E-state index in [1.54, 1.807) is 12.1 Å². The van der Waals surface area contributed by atoms with E-state index in [0.717, 1.165) is 49.1 Å². The normalized spacial score (nSPS) is 10.4. The summed E-state index contributed by atoms with van der Waals surface area (Å²) in [7, 11) is 0. The molecule has 0 saturated carbocycles. The van der Waals surface area contributed by atoms with Crippen molar-refractivity contribution >= 4 is 10.8 Å². The minimum atomic E-state index is -0.973. The van der Waals surface area contributed by atoms with Gasteiger partial charge in [-0.15, -0.1) is 0 Å². The first-order chi connectivity index (χ1) is 16.4. The number of unbranched alkanes of at least 4 members (excludes halogenated alkanes) is 1. The van der Waals surface area contributed by atoms with Gasteiger partial charge in [-0.25, -0.2) is 17.6 Å². The van der Waals surface area contributed by atoms with Gasteiger partial charge in [0, 0.05) is 16.7 Å². The Balaban J connectivity index is 1.55. The molecule has 0 fully saturated rings. The molecule has 0 amide bonds. The molecule has 0 aromatic heterocycles. The van der Waals surface area contributed by atoms with Crippen LogP contribution in [0.4, 0.5) is 17.6 Å². The topological polar surface area (TPSA) is 0 Å². The molecule has 0 N–H and O–H groups in total. The van der Waals surface area contributed by atoms with Crippen LogP contribution in [0.3, 0.4) is 0 Å². The van der Waals surface area contributed by atoms with Crippen LogP contribution in [0.5, 0.6) is 0 Å². The Labute approximate surface area is 196 Å². The third-order valence-electron chi connectivity index (χ3n) is 5.38. The second-order valence-electron chi connectivity index (χ2n) is 7.94. The molecule has 0 nitrogen and oxygen atoms in total. The molecule has 0 saturated heterocycles. The summed E-state index contributed by atoms with van der Waals surface area (Å²) in [5.41, 5.74) is 2.24. The Morgan fingerprint density at radius 1 is 0.559 bits per heavy atom. The number of hydrogen-bond acceptors (Lipinski definition) is 0. The molecule has 0 radical (unpaired) electrons. The van der Waals surface area contributed by atoms with Crippen molar-refractivity contribution in [1.29, 1.82) is 0 Å². The van der Waals surface area contributed by atoms with E-state index in [4.69, 9.17) is 0 Å². The first-order valence-corrected chi connectivity index (χ1v) is 10.9. The van der Waals surface area contributed by atoms with Crippen molar-refractivity contribution in [3.63, 3.8) is 0 Å². The van der Waals surface area contributed by atoms with Crippen LogP contribution in [0.15, 0.2) is 66.7 Å². The maximum atomic E-state index is 14.6. The summed E-state index contributed by atoms with van der Waals surface area (Å²) in [6.45, 7) is 2.14. The van der Waals surface area contributed by atoms with Gasteiger partial charge in [0.2, 0.25) is 0 Å². The van der Waals surface area contributed by atoms with E-state index in [-0.39, 0.29) is 11.1 Å². The molecule has 4 rings (SSSR count). The van der Waals surface area contributed by atoms with Gasteiger partial charge in [-0.1, -0.05) is 55.2 Å². The first-order valence-electron chi connectivity index (χ1n) is 10.9. The number of fused-ring (bicyclic) bond motifs is 1. The van der Waals surface area contributed by atoms with Crippen molar-refractivity contribution in [2.45, 2.75) is 26.2 Å². The van der Waals surface area contributed by atoms with Gasteiger partial charge in [-0.3, -0.25) is 0 Å². The van der Waals surface area contributed by atoms with Crippen LogP contribution in [0.2, 0.25) is 0 Å². The van der Waals surface area contributed by atoms with E-state index >= 15 is 0 Å². The SMILES string of the molecule is CCCCc1ccc(C#Cc2cc(F)c(C#Cc3ccc4cc(F)c(F)cc4c3)c(F)c2)cc1. The molecule has 34 heavy (non-hydrogen) atoms. The maximum Gasteiger partial charge on any atom is 0.159 e. The quantitative estimate of drug-likeness (QED) is 0.221. The molecule has 0 aliphatic carbocycles. The van der Waals surface area contributed by atoms with Gasteiger partial charge >= 0.3 is 0 Å². The van der Waals surface area contributed by atoms with Crippen molar-refractivity contribution in [1.82, 2.24) is 0 Å². The van der Waals surface area contributed by atoms with E-state index in [1.165, 1.54) is 11.6 Å². The van der Waals surface area contributed by atoms with Crippen LogP contribution < -0.4 is 0 Å². The molecular weight excluding hydrogens is 436 g/mol. The van der Waals surface area contributed by atoms with Gasteiger partial charge in [0.15, 0.2) is 11.6 Å². The lowest BCUT2D eigenvalue weighted by Gasteiger charge is -2.01. The molecular formula is C30H20F4. The van der Waals surface area contributed by atoms with Gasteiger partial charge in [-0.05, 0) is 77.7 Å². The van der Waals surface area contributed by atoms with Crippen LogP contribution in [0.1, 0.15) is 47.6 Å². The van der Waals surface area contributed by atoms with Crippen LogP contribution in [-0.2, 0) is 6.42 Å². The van der Waals surface area contributed by atoms with E-state index in [0.29, 0.717) is 16.3 Å². The number of aryl methyl sites for hydroxylation is 1. The van der Waals surface area contributed by atoms with E-state index in [9.17, 15) is 17.6 Å². The Bertz CT molecular complexity index is 1450. The maximum absolute atomic E-state index is 14.6. The Kier molecular flexibility index (Phi) is 7.00. The lowest BCUT2D eigenvalue weighted by atomic mass is 10.1. The predicted molar refractivity (Wildman–Crippen MR) is 127 cm³/mol. The molecule has 4 aromatic carbocycles. The van der Waals surface area contributed by atoms with E-state index < -0.39 is 23.3 Å². The molecule has 4 heteroatoms. The molecule has 0 heterocycles. The number of rotatable bonds is 3. The summed E-state index contributed by atoms with van der Waals surface area (Å²) in [6.07, 6.45) is 3.26. The third kappa shape index (κ3) is 5.48. The van der Waals surface area contributed by atoms with Crippen molar-refractivity contribution in [2.75, 3.05) is 0 Å². The summed E-state index contributed by atoms with van der Waals surface area (Å²) < 4.78 is 56.0. The Morgan fingerprint density at radius 3 is 1.82 bits per heavy atom. The molecule has 0 bridgehead atoms. The zero-order chi connectivity index (χ0) is 24.1. The largest absolute Gasteiger partial charge is 0.205 e. The predicted octanol–water partition coefficient (Wildman–Crippen LogP) is 7.54. The summed E-state index contributed by atoms with van der Waals surface area (Å²) in [5.74, 6) is 7.34. The minimum Gasteiger partial charge on any atom is -0.205 e. The van der Waals surface area contributed by atoms with Crippen LogP contribution in [0.25, 0.3) is 10.8 Å². The molecule has 4 aromatic rings. The molecule has 0 spiro atoms. The van der Waals surface area contributed by atoms with Crippen molar-refractivity contribution in [3.8, 4) is 23.7 Å². The number of hydrogen-bond donors (Lipinski definition) is 0. The lowest BCUT2D eigenvalue weighted by molar-refractivity contribution is 0.511. The smallest absolute Gasteiger partial charge is 0.159 e. The highest BCUT2D eigenvalue weighted by Gasteiger charge is 2.09. The first kappa shape index (κ1) is 23.1. The average Bonchev–Trinajstić information content (AvgIpc) is 2.82. The van der Waals surface area contributed by atoms with E-state index in [1.807, 2.05) is 24.3 Å². The van der Waals surface area contributed by atoms with Gasteiger partial charge in [0.05, 0.1) is 5.56 Å². The second-order valence-corrected chi connectivity index (χ2v) is 7.94. The van der Waals surface area contributed by atoms with Crippen molar-refractivity contribution in [3.05, 3.63) is 118 Å². The molecule has 0 aliphatic heterocycles. The highest BCUT2D eigenvalue weighted by molar-refractivity contribution is 5.84. The fourth-order valence-corrected chi connectivity index (χ4v) is 3.50. The van der Waals surface area contributed by atoms with Crippen LogP contribution in [0, 0.1) is 47.0 Å². The third-order valence-corrected chi connectivity index (χ3v) is 5.38. The number of halogens is 4. The number of benzene rings is 4. The van der Waals surface area contributed by atoms with Crippen LogP contribution in [-0.4, -0.2) is 0 Å². The van der Waals surface area contributed by atoms with Gasteiger partial charge in [0.1, 0.15) is 11.6 Å². The van der Waals surface area contributed by atoms with E-state index in [2.05, 4.69) is 30.6 Å². The highest BCUT2D eigenvalue weighted by atomic mass is 19.2. The van der Waals surface area contributed by atoms with Crippen LogP contribution >= 0.6 is 0 Å². The van der Waals surface area contributed by atoms with Crippen molar-refractivity contribution < 1.29 is 17.6 Å². The molecule has 168 valence electrons. The molecule has 0 unspecified atom stereocenters. The van der Waals surface area contributed by atoms with Crippen molar-refractivity contribution in [2.24, 2.45) is 0 Å². The fourth-order valence-electron chi connectivity index (χ4n) is 3.50. The van der Waals surface area contributed by atoms with Gasteiger partial charge in [0.25, 0.3) is 0 Å². The second kappa shape index (κ2) is 10.3.